The van der Waals surface area contributed by atoms with Crippen LogP contribution in [-0.2, 0) is 35.0 Å². The van der Waals surface area contributed by atoms with Crippen molar-refractivity contribution in [2.24, 2.45) is 0 Å². The van der Waals surface area contributed by atoms with E-state index in [1.807, 2.05) is 60.7 Å². The number of benzene rings is 2. The largest absolute Gasteiger partial charge is 0.615 e. The molecule has 1 saturated carbocycles. The van der Waals surface area contributed by atoms with Gasteiger partial charge in [-0.25, -0.2) is 0 Å². The first-order valence-electron chi connectivity index (χ1n) is 11.4. The molecule has 6 rings (SSSR count). The van der Waals surface area contributed by atoms with Crippen molar-refractivity contribution in [1.29, 1.82) is 0 Å². The van der Waals surface area contributed by atoms with E-state index in [0.29, 0.717) is 6.61 Å². The van der Waals surface area contributed by atoms with Gasteiger partial charge in [0.25, 0.3) is 0 Å². The number of hydrogen-bond donors (Lipinski definition) is 0. The monoisotopic (exact) mass is 435 g/mol. The van der Waals surface area contributed by atoms with E-state index in [9.17, 15) is 9.59 Å². The Morgan fingerprint density at radius 3 is 2.25 bits per heavy atom. The van der Waals surface area contributed by atoms with Crippen molar-refractivity contribution >= 4 is 18.6 Å². The molecule has 0 spiro atoms. The predicted octanol–water partition coefficient (Wildman–Crippen LogP) is 2.67. The third-order valence-corrected chi connectivity index (χ3v) is 7.62. The average molecular weight is 435 g/mol. The number of carbonyl (C=O) groups excluding carboxylic acids is 2. The highest BCUT2D eigenvalue weighted by Crippen LogP contribution is 2.54. The first-order chi connectivity index (χ1) is 15.6. The van der Waals surface area contributed by atoms with Crippen molar-refractivity contribution in [3.8, 4) is 0 Å². The van der Waals surface area contributed by atoms with Gasteiger partial charge in [-0.05, 0) is 30.4 Å². The molecule has 4 aliphatic rings. The lowest BCUT2D eigenvalue weighted by atomic mass is 9.60. The maximum atomic E-state index is 12.7. The van der Waals surface area contributed by atoms with E-state index < -0.39 is 12.7 Å². The van der Waals surface area contributed by atoms with Gasteiger partial charge in [-0.2, -0.15) is 0 Å². The predicted molar refractivity (Wildman–Crippen MR) is 115 cm³/mol. The molecule has 4 fully saturated rings. The van der Waals surface area contributed by atoms with Crippen molar-refractivity contribution in [3.63, 3.8) is 0 Å². The zero-order valence-electron chi connectivity index (χ0n) is 17.8. The number of epoxide rings is 1. The summed E-state index contributed by atoms with van der Waals surface area (Å²) in [6.07, 6.45) is 2.41. The van der Waals surface area contributed by atoms with Crippen molar-refractivity contribution < 1.29 is 32.8 Å². The van der Waals surface area contributed by atoms with Crippen LogP contribution in [0.15, 0.2) is 60.7 Å². The molecule has 3 heterocycles. The Balaban J connectivity index is 1.30. The van der Waals surface area contributed by atoms with E-state index in [4.69, 9.17) is 18.8 Å². The first-order valence-corrected chi connectivity index (χ1v) is 11.4. The van der Waals surface area contributed by atoms with Crippen LogP contribution >= 0.6 is 0 Å². The Labute approximate surface area is 186 Å². The minimum atomic E-state index is -2.30. The maximum Gasteiger partial charge on any atom is 0.615 e. The summed E-state index contributed by atoms with van der Waals surface area (Å²) in [6.45, 7) is -1.55. The van der Waals surface area contributed by atoms with Crippen LogP contribution < -0.4 is 0 Å². The number of quaternary nitrogens is 1. The molecule has 8 heteroatoms. The molecule has 2 aromatic carbocycles. The van der Waals surface area contributed by atoms with Gasteiger partial charge in [0.15, 0.2) is 0 Å². The van der Waals surface area contributed by atoms with E-state index in [1.54, 1.807) is 0 Å². The lowest BCUT2D eigenvalue weighted by Gasteiger charge is -2.49. The second-order valence-electron chi connectivity index (χ2n) is 9.39. The van der Waals surface area contributed by atoms with Crippen molar-refractivity contribution in [2.75, 3.05) is 13.1 Å². The Hall–Kier alpha value is -2.68. The molecule has 3 unspecified atom stereocenters. The Kier molecular flexibility index (Phi) is 4.64. The molecule has 7 nitrogen and oxygen atoms in total. The summed E-state index contributed by atoms with van der Waals surface area (Å²) in [5, 5.41) is 0. The Morgan fingerprint density at radius 1 is 0.906 bits per heavy atom. The van der Waals surface area contributed by atoms with Crippen LogP contribution in [0.5, 0.6) is 0 Å². The van der Waals surface area contributed by atoms with Crippen LogP contribution in [0.4, 0.5) is 0 Å². The molecule has 3 saturated heterocycles. The van der Waals surface area contributed by atoms with Gasteiger partial charge in [-0.3, -0.25) is 9.59 Å². The number of hydrogen-bond acceptors (Lipinski definition) is 6. The first kappa shape index (κ1) is 20.0. The van der Waals surface area contributed by atoms with Gasteiger partial charge in [-0.1, -0.05) is 60.7 Å². The highest BCUT2D eigenvalue weighted by Gasteiger charge is 2.79. The van der Waals surface area contributed by atoms with E-state index >= 15 is 0 Å². The van der Waals surface area contributed by atoms with Gasteiger partial charge in [0.2, 0.25) is 0 Å². The lowest BCUT2D eigenvalue weighted by Crippen LogP contribution is -2.71. The molecule has 2 aromatic rings. The Morgan fingerprint density at radius 2 is 1.56 bits per heavy atom. The van der Waals surface area contributed by atoms with Crippen LogP contribution in [0.1, 0.15) is 36.5 Å². The minimum absolute atomic E-state index is 0.0442. The number of carbonyl (C=O) groups is 2. The molecule has 1 aliphatic carbocycles. The normalized spacial score (nSPS) is 37.8. The van der Waals surface area contributed by atoms with Gasteiger partial charge in [-0.15, -0.1) is 0 Å². The van der Waals surface area contributed by atoms with Crippen LogP contribution in [0, 0.1) is 0 Å². The summed E-state index contributed by atoms with van der Waals surface area (Å²) < 4.78 is 24.4. The maximum absolute atomic E-state index is 12.7. The Bertz CT molecular complexity index is 1010. The molecular formula is C24H26BNO6. The molecule has 0 bridgehead atoms. The van der Waals surface area contributed by atoms with E-state index in [0.717, 1.165) is 30.4 Å². The second-order valence-corrected chi connectivity index (χ2v) is 9.39. The standard InChI is InChI=1S/C24H26BNO6/c27-21-14-26(19-12-7-13-20(19)29-16-17-8-3-1-4-9-17)15-22(28)32-25(26,31-21)24-23(30-24)18-10-5-2-6-11-18/h1-6,8-11,19-20,23-24H,7,12-16H2/t19?,20-,23?,24?,25?,26?/m1/s1. The topological polar surface area (TPSA) is 74.4 Å². The van der Waals surface area contributed by atoms with Crippen LogP contribution in [0.3, 0.4) is 0 Å². The second kappa shape index (κ2) is 7.44. The highest BCUT2D eigenvalue weighted by atomic mass is 16.7. The number of nitrogens with zero attached hydrogens (tertiary/aromatic N) is 1. The van der Waals surface area contributed by atoms with Gasteiger partial charge >= 0.3 is 18.6 Å². The lowest BCUT2D eigenvalue weighted by molar-refractivity contribution is -0.846. The minimum Gasteiger partial charge on any atom is -0.598 e. The third-order valence-electron chi connectivity index (χ3n) is 7.62. The summed E-state index contributed by atoms with van der Waals surface area (Å²) in [6, 6.07) is 19.4. The fourth-order valence-electron chi connectivity index (χ4n) is 6.23. The molecule has 0 aromatic heterocycles. The quantitative estimate of drug-likeness (QED) is 0.513. The van der Waals surface area contributed by atoms with Crippen LogP contribution in [0.25, 0.3) is 0 Å². The summed E-state index contributed by atoms with van der Waals surface area (Å²) in [5.41, 5.74) is 2.10. The van der Waals surface area contributed by atoms with Crippen LogP contribution in [-0.4, -0.2) is 54.3 Å². The van der Waals surface area contributed by atoms with Crippen molar-refractivity contribution in [2.45, 2.75) is 50.1 Å². The van der Waals surface area contributed by atoms with Gasteiger partial charge < -0.3 is 23.2 Å². The van der Waals surface area contributed by atoms with Gasteiger partial charge in [0.1, 0.15) is 25.2 Å². The molecular weight excluding hydrogens is 409 g/mol. The van der Waals surface area contributed by atoms with E-state index in [-0.39, 0.29) is 47.7 Å². The molecule has 166 valence electrons. The van der Waals surface area contributed by atoms with Crippen molar-refractivity contribution in [1.82, 2.24) is 0 Å². The fourth-order valence-corrected chi connectivity index (χ4v) is 6.23. The average Bonchev–Trinajstić information content (AvgIpc) is 3.26. The molecule has 0 amide bonds. The number of rotatable bonds is 6. The summed E-state index contributed by atoms with van der Waals surface area (Å²) >= 11 is 0. The zero-order chi connectivity index (χ0) is 21.8. The summed E-state index contributed by atoms with van der Waals surface area (Å²) in [4.78, 5) is 25.4. The highest BCUT2D eigenvalue weighted by molar-refractivity contribution is 6.68. The molecule has 32 heavy (non-hydrogen) atoms. The third kappa shape index (κ3) is 3.01. The summed E-state index contributed by atoms with van der Waals surface area (Å²) in [5.74, 6) is -0.651. The van der Waals surface area contributed by atoms with Crippen molar-refractivity contribution in [3.05, 3.63) is 71.8 Å². The van der Waals surface area contributed by atoms with Gasteiger partial charge in [0, 0.05) is 0 Å². The molecule has 3 aliphatic heterocycles. The fraction of sp³-hybridized carbons (Fsp3) is 0.417. The molecule has 0 radical (unpaired) electrons. The van der Waals surface area contributed by atoms with Gasteiger partial charge in [0.05, 0.1) is 18.8 Å². The molecule has 4 atom stereocenters. The SMILES string of the molecule is O=C1C[N+]2(C3CCC[C@H]3OCc3ccccc3)CC(=O)O[B-]2(C2OC2c2ccccc2)O1. The molecule has 0 N–H and O–H groups in total. The number of fused-ring (bicyclic) bond motifs is 1. The number of ether oxygens (including phenoxy) is 2. The zero-order valence-corrected chi connectivity index (χ0v) is 17.8. The van der Waals surface area contributed by atoms with E-state index in [1.165, 1.54) is 0 Å². The summed E-state index contributed by atoms with van der Waals surface area (Å²) in [7, 11) is 0. The van der Waals surface area contributed by atoms with Crippen LogP contribution in [0.2, 0.25) is 0 Å². The smallest absolute Gasteiger partial charge is 0.598 e. The van der Waals surface area contributed by atoms with E-state index in [2.05, 4.69) is 0 Å².